The quantitative estimate of drug-likeness (QED) is 0.509. The molecule has 0 aliphatic heterocycles. The molecule has 0 aliphatic rings. The molecule has 1 aromatic heterocycles. The Kier molecular flexibility index (Phi) is 4.71. The monoisotopic (exact) mass is 355 g/mol. The van der Waals surface area contributed by atoms with Gasteiger partial charge < -0.3 is 9.73 Å². The van der Waals surface area contributed by atoms with Crippen molar-refractivity contribution in [3.05, 3.63) is 101 Å². The molecule has 3 aromatic carbocycles. The third-order valence-corrected chi connectivity index (χ3v) is 4.75. The molecule has 0 saturated carbocycles. The molecule has 1 unspecified atom stereocenters. The van der Waals surface area contributed by atoms with Gasteiger partial charge in [0.15, 0.2) is 0 Å². The Hall–Kier alpha value is -3.40. The molecule has 4 nitrogen and oxygen atoms in total. The number of anilines is 1. The minimum absolute atomic E-state index is 0.225. The predicted molar refractivity (Wildman–Crippen MR) is 108 cm³/mol. The first kappa shape index (κ1) is 17.0. The molecule has 4 heteroatoms. The van der Waals surface area contributed by atoms with Gasteiger partial charge in [-0.05, 0) is 48.7 Å². The summed E-state index contributed by atoms with van der Waals surface area (Å²) in [6.07, 6.45) is 0. The van der Waals surface area contributed by atoms with Gasteiger partial charge >= 0.3 is 0 Å². The van der Waals surface area contributed by atoms with Crippen LogP contribution < -0.4 is 5.32 Å². The van der Waals surface area contributed by atoms with Gasteiger partial charge in [0.2, 0.25) is 11.8 Å². The fourth-order valence-electron chi connectivity index (χ4n) is 3.04. The van der Waals surface area contributed by atoms with E-state index >= 15 is 0 Å². The van der Waals surface area contributed by atoms with E-state index in [4.69, 9.17) is 4.42 Å². The summed E-state index contributed by atoms with van der Waals surface area (Å²) in [6.45, 7) is 4.22. The van der Waals surface area contributed by atoms with Gasteiger partial charge in [0.05, 0.1) is 0 Å². The van der Waals surface area contributed by atoms with Crippen molar-refractivity contribution < 1.29 is 4.42 Å². The molecule has 1 atom stereocenters. The van der Waals surface area contributed by atoms with Crippen LogP contribution in [0.1, 0.15) is 28.6 Å². The third kappa shape index (κ3) is 3.60. The minimum atomic E-state index is -0.225. The highest BCUT2D eigenvalue weighted by Crippen LogP contribution is 2.30. The Morgan fingerprint density at radius 1 is 0.778 bits per heavy atom. The second kappa shape index (κ2) is 7.46. The van der Waals surface area contributed by atoms with Crippen molar-refractivity contribution in [1.29, 1.82) is 0 Å². The summed E-state index contributed by atoms with van der Waals surface area (Å²) in [5.74, 6) is 1.07. The van der Waals surface area contributed by atoms with Crippen LogP contribution >= 0.6 is 0 Å². The lowest BCUT2D eigenvalue weighted by molar-refractivity contribution is 0.494. The van der Waals surface area contributed by atoms with E-state index in [0.717, 1.165) is 16.8 Å². The van der Waals surface area contributed by atoms with E-state index in [1.165, 1.54) is 11.1 Å². The summed E-state index contributed by atoms with van der Waals surface area (Å²) in [7, 11) is 0. The molecule has 0 spiro atoms. The molecule has 27 heavy (non-hydrogen) atoms. The van der Waals surface area contributed by atoms with Crippen molar-refractivity contribution in [2.75, 3.05) is 5.32 Å². The van der Waals surface area contributed by atoms with E-state index in [1.807, 2.05) is 48.5 Å². The molecular weight excluding hydrogens is 334 g/mol. The lowest BCUT2D eigenvalue weighted by atomic mass is 10.0. The van der Waals surface area contributed by atoms with Crippen LogP contribution in [0.3, 0.4) is 0 Å². The van der Waals surface area contributed by atoms with E-state index in [0.29, 0.717) is 11.8 Å². The second-order valence-electron chi connectivity index (χ2n) is 6.55. The van der Waals surface area contributed by atoms with Gasteiger partial charge in [0.25, 0.3) is 0 Å². The summed E-state index contributed by atoms with van der Waals surface area (Å²) in [5.41, 5.74) is 5.49. The molecule has 1 heterocycles. The Morgan fingerprint density at radius 3 is 2.22 bits per heavy atom. The number of hydrogen-bond donors (Lipinski definition) is 1. The second-order valence-corrected chi connectivity index (χ2v) is 6.55. The highest BCUT2D eigenvalue weighted by atomic mass is 16.4. The summed E-state index contributed by atoms with van der Waals surface area (Å²) >= 11 is 0. The van der Waals surface area contributed by atoms with Gasteiger partial charge in [-0.1, -0.05) is 60.7 Å². The van der Waals surface area contributed by atoms with Crippen LogP contribution in [0.4, 0.5) is 5.69 Å². The molecular formula is C23H21N3O. The van der Waals surface area contributed by atoms with Crippen molar-refractivity contribution in [3.63, 3.8) is 0 Å². The lowest BCUT2D eigenvalue weighted by Crippen LogP contribution is -2.14. The zero-order valence-electron chi connectivity index (χ0n) is 15.4. The average Bonchev–Trinajstić information content (AvgIpc) is 3.20. The largest absolute Gasteiger partial charge is 0.418 e. The maximum Gasteiger partial charge on any atom is 0.247 e. The Balaban J connectivity index is 1.73. The number of rotatable bonds is 5. The van der Waals surface area contributed by atoms with E-state index < -0.39 is 0 Å². The Bertz CT molecular complexity index is 1030. The molecule has 0 fully saturated rings. The van der Waals surface area contributed by atoms with Crippen LogP contribution in [0, 0.1) is 13.8 Å². The fourth-order valence-corrected chi connectivity index (χ4v) is 3.04. The molecule has 0 aliphatic carbocycles. The number of nitrogens with zero attached hydrogens (tertiary/aromatic N) is 2. The van der Waals surface area contributed by atoms with Gasteiger partial charge in [-0.15, -0.1) is 10.2 Å². The molecule has 1 N–H and O–H groups in total. The molecule has 0 radical (unpaired) electrons. The normalized spacial score (nSPS) is 11.9. The molecule has 4 rings (SSSR count). The highest BCUT2D eigenvalue weighted by molar-refractivity contribution is 5.56. The highest BCUT2D eigenvalue weighted by Gasteiger charge is 2.22. The van der Waals surface area contributed by atoms with Crippen LogP contribution in [-0.2, 0) is 0 Å². The standard InChI is InChI=1S/C23H21N3O/c1-16-10-9-15-20(17(16)2)24-21(18-11-5-3-6-12-18)23-26-25-22(27-23)19-13-7-4-8-14-19/h3-15,21,24H,1-2H3. The lowest BCUT2D eigenvalue weighted by Gasteiger charge is -2.19. The van der Waals surface area contributed by atoms with Crippen molar-refractivity contribution in [2.24, 2.45) is 0 Å². The van der Waals surface area contributed by atoms with E-state index in [-0.39, 0.29) is 6.04 Å². The molecule has 134 valence electrons. The van der Waals surface area contributed by atoms with Gasteiger partial charge in [0.1, 0.15) is 6.04 Å². The zero-order valence-corrected chi connectivity index (χ0v) is 15.4. The van der Waals surface area contributed by atoms with Gasteiger partial charge in [-0.3, -0.25) is 0 Å². The predicted octanol–water partition coefficient (Wildman–Crippen LogP) is 5.55. The van der Waals surface area contributed by atoms with Crippen LogP contribution in [-0.4, -0.2) is 10.2 Å². The third-order valence-electron chi connectivity index (χ3n) is 4.75. The SMILES string of the molecule is Cc1cccc(NC(c2ccccc2)c2nnc(-c3ccccc3)o2)c1C. The Morgan fingerprint density at radius 2 is 1.48 bits per heavy atom. The smallest absolute Gasteiger partial charge is 0.247 e. The number of nitrogens with one attached hydrogen (secondary N) is 1. The first-order valence-electron chi connectivity index (χ1n) is 8.99. The first-order chi connectivity index (χ1) is 13.2. The van der Waals surface area contributed by atoms with E-state index in [9.17, 15) is 0 Å². The van der Waals surface area contributed by atoms with Crippen molar-refractivity contribution in [3.8, 4) is 11.5 Å². The van der Waals surface area contributed by atoms with Gasteiger partial charge in [-0.25, -0.2) is 0 Å². The summed E-state index contributed by atoms with van der Waals surface area (Å²) in [6, 6.07) is 26.0. The maximum atomic E-state index is 6.04. The van der Waals surface area contributed by atoms with Gasteiger partial charge in [0, 0.05) is 11.3 Å². The topological polar surface area (TPSA) is 51.0 Å². The summed E-state index contributed by atoms with van der Waals surface area (Å²) in [4.78, 5) is 0. The number of benzene rings is 3. The molecule has 0 amide bonds. The first-order valence-corrected chi connectivity index (χ1v) is 8.99. The average molecular weight is 355 g/mol. The van der Waals surface area contributed by atoms with Crippen molar-refractivity contribution >= 4 is 5.69 Å². The minimum Gasteiger partial charge on any atom is -0.418 e. The molecule has 4 aromatic rings. The summed E-state index contributed by atoms with van der Waals surface area (Å²) < 4.78 is 6.04. The number of aromatic nitrogens is 2. The number of aryl methyl sites for hydroxylation is 1. The van der Waals surface area contributed by atoms with E-state index in [1.54, 1.807) is 0 Å². The number of hydrogen-bond acceptors (Lipinski definition) is 4. The van der Waals surface area contributed by atoms with Gasteiger partial charge in [-0.2, -0.15) is 0 Å². The van der Waals surface area contributed by atoms with Crippen LogP contribution in [0.2, 0.25) is 0 Å². The van der Waals surface area contributed by atoms with Crippen LogP contribution in [0.15, 0.2) is 83.3 Å². The molecule has 0 saturated heterocycles. The van der Waals surface area contributed by atoms with Crippen LogP contribution in [0.25, 0.3) is 11.5 Å². The zero-order chi connectivity index (χ0) is 18.6. The fraction of sp³-hybridized carbons (Fsp3) is 0.130. The maximum absolute atomic E-state index is 6.04. The summed E-state index contributed by atoms with van der Waals surface area (Å²) in [5, 5.41) is 12.2. The van der Waals surface area contributed by atoms with Crippen LogP contribution in [0.5, 0.6) is 0 Å². The Labute approximate surface area is 158 Å². The molecule has 0 bridgehead atoms. The van der Waals surface area contributed by atoms with E-state index in [2.05, 4.69) is 59.7 Å². The van der Waals surface area contributed by atoms with Crippen molar-refractivity contribution in [1.82, 2.24) is 10.2 Å². The van der Waals surface area contributed by atoms with Crippen molar-refractivity contribution in [2.45, 2.75) is 19.9 Å².